The molecule has 0 saturated heterocycles. The summed E-state index contributed by atoms with van der Waals surface area (Å²) in [5, 5.41) is 12.5. The Kier molecular flexibility index (Phi) is 5.19. The molecule has 9 nitrogen and oxygen atoms in total. The number of aromatic nitrogens is 8. The number of hydrogen-bond donors (Lipinski definition) is 1. The SMILES string of the molecule is Cn1ccc2c1ccn2-c1cncc(-c2cn(Cc3cn4cc(CNCC5CC6CC5C6)ccc4n3)nn2)c1. The first-order valence-corrected chi connectivity index (χ1v) is 13.8. The fourth-order valence-corrected chi connectivity index (χ4v) is 6.67. The van der Waals surface area contributed by atoms with Gasteiger partial charge in [0.05, 0.1) is 41.4 Å². The highest BCUT2D eigenvalue weighted by molar-refractivity contribution is 5.79. The summed E-state index contributed by atoms with van der Waals surface area (Å²) in [4.78, 5) is 9.29. The van der Waals surface area contributed by atoms with Crippen molar-refractivity contribution in [1.82, 2.24) is 43.8 Å². The lowest BCUT2D eigenvalue weighted by atomic mass is 9.82. The fourth-order valence-electron chi connectivity index (χ4n) is 6.67. The van der Waals surface area contributed by atoms with Gasteiger partial charge in [0.25, 0.3) is 0 Å². The molecule has 0 spiro atoms. The topological polar surface area (TPSA) is 82.8 Å². The first-order valence-electron chi connectivity index (χ1n) is 13.8. The first-order chi connectivity index (χ1) is 19.2. The molecular formula is C30H31N9. The van der Waals surface area contributed by atoms with E-state index < -0.39 is 0 Å². The first kappa shape index (κ1) is 22.7. The summed E-state index contributed by atoms with van der Waals surface area (Å²) in [6.45, 7) is 2.60. The van der Waals surface area contributed by atoms with Crippen LogP contribution in [-0.2, 0) is 20.1 Å². The lowest BCUT2D eigenvalue weighted by Gasteiger charge is -2.24. The van der Waals surface area contributed by atoms with E-state index >= 15 is 0 Å². The molecule has 2 bridgehead atoms. The third kappa shape index (κ3) is 4.04. The number of fused-ring (bicyclic) bond motifs is 3. The van der Waals surface area contributed by atoms with Gasteiger partial charge in [-0.1, -0.05) is 11.3 Å². The maximum Gasteiger partial charge on any atom is 0.137 e. The Morgan fingerprint density at radius 2 is 1.90 bits per heavy atom. The van der Waals surface area contributed by atoms with Crippen LogP contribution in [0.2, 0.25) is 0 Å². The van der Waals surface area contributed by atoms with Gasteiger partial charge in [0, 0.05) is 50.1 Å². The van der Waals surface area contributed by atoms with Crippen molar-refractivity contribution in [3.63, 3.8) is 0 Å². The van der Waals surface area contributed by atoms with Crippen LogP contribution >= 0.6 is 0 Å². The zero-order valence-electron chi connectivity index (χ0n) is 22.0. The summed E-state index contributed by atoms with van der Waals surface area (Å²) in [6, 6.07) is 10.6. The van der Waals surface area contributed by atoms with Gasteiger partial charge in [-0.15, -0.1) is 5.10 Å². The fraction of sp³-hybridized carbons (Fsp3) is 0.333. The van der Waals surface area contributed by atoms with Crippen molar-refractivity contribution < 1.29 is 0 Å². The van der Waals surface area contributed by atoms with Gasteiger partial charge < -0.3 is 18.9 Å². The van der Waals surface area contributed by atoms with Crippen LogP contribution in [0.4, 0.5) is 0 Å². The summed E-state index contributed by atoms with van der Waals surface area (Å²) in [6.07, 6.45) is 18.4. The van der Waals surface area contributed by atoms with E-state index in [4.69, 9.17) is 4.98 Å². The van der Waals surface area contributed by atoms with Crippen LogP contribution in [0, 0.1) is 17.8 Å². The average molecular weight is 518 g/mol. The van der Waals surface area contributed by atoms with Crippen LogP contribution < -0.4 is 5.32 Å². The lowest BCUT2D eigenvalue weighted by Crippen LogP contribution is -2.25. The molecule has 39 heavy (non-hydrogen) atoms. The Bertz CT molecular complexity index is 1800. The van der Waals surface area contributed by atoms with Crippen molar-refractivity contribution >= 4 is 16.7 Å². The van der Waals surface area contributed by atoms with E-state index in [0.717, 1.165) is 64.6 Å². The van der Waals surface area contributed by atoms with E-state index in [1.165, 1.54) is 30.3 Å². The van der Waals surface area contributed by atoms with Crippen LogP contribution in [-0.4, -0.2) is 45.0 Å². The highest BCUT2D eigenvalue weighted by Gasteiger charge is 2.43. The van der Waals surface area contributed by atoms with Crippen LogP contribution in [0.3, 0.4) is 0 Å². The van der Waals surface area contributed by atoms with E-state index in [9.17, 15) is 0 Å². The number of nitrogens with one attached hydrogen (secondary N) is 1. The minimum absolute atomic E-state index is 0.557. The zero-order chi connectivity index (χ0) is 25.9. The van der Waals surface area contributed by atoms with Crippen molar-refractivity contribution in [2.24, 2.45) is 24.8 Å². The van der Waals surface area contributed by atoms with Gasteiger partial charge in [0.1, 0.15) is 11.3 Å². The van der Waals surface area contributed by atoms with Crippen molar-refractivity contribution in [2.75, 3.05) is 6.54 Å². The molecule has 1 unspecified atom stereocenters. The van der Waals surface area contributed by atoms with Crippen molar-refractivity contribution in [3.05, 3.63) is 85.0 Å². The predicted octanol–water partition coefficient (Wildman–Crippen LogP) is 4.45. The molecule has 9 heteroatoms. The van der Waals surface area contributed by atoms with Gasteiger partial charge in [0.2, 0.25) is 0 Å². The second-order valence-corrected chi connectivity index (χ2v) is 11.4. The van der Waals surface area contributed by atoms with Gasteiger partial charge in [-0.25, -0.2) is 9.67 Å². The quantitative estimate of drug-likeness (QED) is 0.323. The zero-order valence-corrected chi connectivity index (χ0v) is 22.0. The monoisotopic (exact) mass is 517 g/mol. The Labute approximate surface area is 226 Å². The van der Waals surface area contributed by atoms with E-state index in [1.54, 1.807) is 0 Å². The standard InChI is InChI=1S/C30H31N9/c1-36-6-4-29-28(36)5-7-39(29)26-11-24(14-32-15-26)27-19-38(35-34-27)18-25-17-37-16-20(2-3-30(37)33-25)12-31-13-23-10-21-8-22(23)9-21/h2-7,11,14-17,19,21-23,31H,8-10,12-13,18H2,1H3. The smallest absolute Gasteiger partial charge is 0.137 e. The molecule has 0 aromatic carbocycles. The number of hydrogen-bond acceptors (Lipinski definition) is 5. The summed E-state index contributed by atoms with van der Waals surface area (Å²) < 4.78 is 8.22. The summed E-state index contributed by atoms with van der Waals surface area (Å²) in [7, 11) is 2.05. The van der Waals surface area contributed by atoms with Crippen molar-refractivity contribution in [1.29, 1.82) is 0 Å². The molecule has 3 aliphatic rings. The summed E-state index contributed by atoms with van der Waals surface area (Å²) in [5.41, 5.74) is 8.22. The summed E-state index contributed by atoms with van der Waals surface area (Å²) in [5.74, 6) is 2.90. The molecule has 9 rings (SSSR count). The normalized spacial score (nSPS) is 20.3. The highest BCUT2D eigenvalue weighted by Crippen LogP contribution is 2.52. The number of nitrogens with zero attached hydrogens (tertiary/aromatic N) is 8. The van der Waals surface area contributed by atoms with Crippen LogP contribution in [0.5, 0.6) is 0 Å². The molecule has 0 amide bonds. The molecule has 0 aliphatic heterocycles. The number of rotatable bonds is 8. The minimum atomic E-state index is 0.557. The molecule has 3 saturated carbocycles. The molecule has 1 atom stereocenters. The Morgan fingerprint density at radius 1 is 0.974 bits per heavy atom. The number of pyridine rings is 2. The average Bonchev–Trinajstić information content (AvgIpc) is 3.75. The minimum Gasteiger partial charge on any atom is -0.349 e. The Balaban J connectivity index is 0.961. The molecule has 196 valence electrons. The van der Waals surface area contributed by atoms with Crippen LogP contribution in [0.1, 0.15) is 30.5 Å². The molecule has 6 heterocycles. The molecule has 6 aromatic heterocycles. The number of aryl methyl sites for hydroxylation is 1. The van der Waals surface area contributed by atoms with Gasteiger partial charge in [0.15, 0.2) is 0 Å². The largest absolute Gasteiger partial charge is 0.349 e. The van der Waals surface area contributed by atoms with E-state index in [1.807, 2.05) is 23.3 Å². The Hall–Kier alpha value is -4.24. The van der Waals surface area contributed by atoms with E-state index in [2.05, 4.69) is 96.3 Å². The highest BCUT2D eigenvalue weighted by atomic mass is 15.4. The van der Waals surface area contributed by atoms with Crippen LogP contribution in [0.15, 0.2) is 73.7 Å². The van der Waals surface area contributed by atoms with Crippen LogP contribution in [0.25, 0.3) is 33.6 Å². The molecule has 6 aromatic rings. The third-order valence-corrected chi connectivity index (χ3v) is 8.77. The van der Waals surface area contributed by atoms with Gasteiger partial charge >= 0.3 is 0 Å². The molecule has 0 radical (unpaired) electrons. The van der Waals surface area contributed by atoms with E-state index in [0.29, 0.717) is 6.54 Å². The van der Waals surface area contributed by atoms with Crippen molar-refractivity contribution in [3.8, 4) is 16.9 Å². The number of imidazole rings is 1. The van der Waals surface area contributed by atoms with Gasteiger partial charge in [-0.2, -0.15) is 0 Å². The summed E-state index contributed by atoms with van der Waals surface area (Å²) >= 11 is 0. The van der Waals surface area contributed by atoms with Gasteiger partial charge in [-0.05, 0) is 73.4 Å². The molecule has 3 fully saturated rings. The lowest BCUT2D eigenvalue weighted by molar-refractivity contribution is 0.271. The second kappa shape index (κ2) is 8.91. The Morgan fingerprint density at radius 3 is 2.79 bits per heavy atom. The third-order valence-electron chi connectivity index (χ3n) is 8.77. The van der Waals surface area contributed by atoms with Gasteiger partial charge in [-0.3, -0.25) is 4.98 Å². The predicted molar refractivity (Wildman–Crippen MR) is 149 cm³/mol. The van der Waals surface area contributed by atoms with E-state index in [-0.39, 0.29) is 0 Å². The molecule has 3 aliphatic carbocycles. The second-order valence-electron chi connectivity index (χ2n) is 11.4. The maximum atomic E-state index is 4.80. The molecule has 1 N–H and O–H groups in total. The molecular weight excluding hydrogens is 486 g/mol. The van der Waals surface area contributed by atoms with Crippen molar-refractivity contribution in [2.45, 2.75) is 32.4 Å². The maximum absolute atomic E-state index is 4.80.